The smallest absolute Gasteiger partial charge is 0.226 e. The number of amides is 1. The molecule has 1 spiro atoms. The standard InChI is InChI=1S/C11H19NO/c1-2-5-9-8-11(10(13)12-9)6-3-4-7-11/h9H,2-8H2,1H3,(H,12,13). The lowest BCUT2D eigenvalue weighted by atomic mass is 9.82. The zero-order valence-corrected chi connectivity index (χ0v) is 8.44. The molecule has 0 aromatic rings. The molecule has 1 aliphatic heterocycles. The first-order valence-corrected chi connectivity index (χ1v) is 5.58. The first kappa shape index (κ1) is 9.04. The first-order valence-electron chi connectivity index (χ1n) is 5.58. The minimum atomic E-state index is 0.0693. The van der Waals surface area contributed by atoms with Crippen molar-refractivity contribution in [1.29, 1.82) is 0 Å². The van der Waals surface area contributed by atoms with Gasteiger partial charge in [0.1, 0.15) is 0 Å². The van der Waals surface area contributed by atoms with Gasteiger partial charge >= 0.3 is 0 Å². The second kappa shape index (κ2) is 3.32. The van der Waals surface area contributed by atoms with Crippen LogP contribution < -0.4 is 5.32 Å². The molecule has 1 atom stereocenters. The summed E-state index contributed by atoms with van der Waals surface area (Å²) in [7, 11) is 0. The van der Waals surface area contributed by atoms with Gasteiger partial charge < -0.3 is 5.32 Å². The SMILES string of the molecule is CCCC1CC2(CCCC2)C(=O)N1. The number of nitrogens with one attached hydrogen (secondary N) is 1. The molecule has 1 amide bonds. The predicted molar refractivity (Wildman–Crippen MR) is 52.4 cm³/mol. The van der Waals surface area contributed by atoms with Crippen LogP contribution in [0.2, 0.25) is 0 Å². The molecule has 2 fully saturated rings. The summed E-state index contributed by atoms with van der Waals surface area (Å²) in [6.45, 7) is 2.19. The summed E-state index contributed by atoms with van der Waals surface area (Å²) in [6.07, 6.45) is 8.24. The van der Waals surface area contributed by atoms with E-state index < -0.39 is 0 Å². The molecule has 1 N–H and O–H groups in total. The van der Waals surface area contributed by atoms with Gasteiger partial charge in [-0.15, -0.1) is 0 Å². The van der Waals surface area contributed by atoms with Gasteiger partial charge in [0.05, 0.1) is 5.41 Å². The summed E-state index contributed by atoms with van der Waals surface area (Å²) in [6, 6.07) is 0.482. The Hall–Kier alpha value is -0.530. The minimum Gasteiger partial charge on any atom is -0.353 e. The third-order valence-corrected chi connectivity index (χ3v) is 3.65. The summed E-state index contributed by atoms with van der Waals surface area (Å²) in [5.74, 6) is 0.350. The van der Waals surface area contributed by atoms with E-state index in [-0.39, 0.29) is 5.41 Å². The van der Waals surface area contributed by atoms with E-state index in [1.807, 2.05) is 0 Å². The zero-order chi connectivity index (χ0) is 9.31. The first-order chi connectivity index (χ1) is 6.27. The van der Waals surface area contributed by atoms with Crippen LogP contribution in [0.1, 0.15) is 51.9 Å². The fourth-order valence-corrected chi connectivity index (χ4v) is 2.96. The van der Waals surface area contributed by atoms with Gasteiger partial charge in [0.15, 0.2) is 0 Å². The van der Waals surface area contributed by atoms with Crippen LogP contribution in [-0.4, -0.2) is 11.9 Å². The van der Waals surface area contributed by atoms with E-state index in [0.717, 1.165) is 25.7 Å². The number of hydrogen-bond donors (Lipinski definition) is 1. The van der Waals surface area contributed by atoms with E-state index in [2.05, 4.69) is 12.2 Å². The maximum Gasteiger partial charge on any atom is 0.226 e. The molecule has 1 unspecified atom stereocenters. The molecule has 0 aromatic heterocycles. The Morgan fingerprint density at radius 3 is 2.77 bits per heavy atom. The number of carbonyl (C=O) groups is 1. The van der Waals surface area contributed by atoms with Crippen LogP contribution in [0.15, 0.2) is 0 Å². The highest BCUT2D eigenvalue weighted by atomic mass is 16.2. The van der Waals surface area contributed by atoms with Crippen LogP contribution >= 0.6 is 0 Å². The Balaban J connectivity index is 2.02. The molecule has 1 heterocycles. The molecule has 0 aromatic carbocycles. The molecule has 13 heavy (non-hydrogen) atoms. The molecule has 2 heteroatoms. The maximum atomic E-state index is 11.8. The molecule has 2 rings (SSSR count). The lowest BCUT2D eigenvalue weighted by Crippen LogP contribution is -2.30. The molecular formula is C11H19NO. The highest BCUT2D eigenvalue weighted by molar-refractivity contribution is 5.85. The van der Waals surface area contributed by atoms with E-state index in [4.69, 9.17) is 0 Å². The van der Waals surface area contributed by atoms with Crippen LogP contribution in [0, 0.1) is 5.41 Å². The Labute approximate surface area is 80.1 Å². The van der Waals surface area contributed by atoms with Crippen molar-refractivity contribution in [3.63, 3.8) is 0 Å². The summed E-state index contributed by atoms with van der Waals surface area (Å²) in [4.78, 5) is 11.8. The summed E-state index contributed by atoms with van der Waals surface area (Å²) in [5.41, 5.74) is 0.0693. The van der Waals surface area contributed by atoms with Crippen molar-refractivity contribution in [3.8, 4) is 0 Å². The van der Waals surface area contributed by atoms with Crippen molar-refractivity contribution < 1.29 is 4.79 Å². The predicted octanol–water partition coefficient (Wildman–Crippen LogP) is 2.24. The van der Waals surface area contributed by atoms with E-state index in [1.54, 1.807) is 0 Å². The van der Waals surface area contributed by atoms with Gasteiger partial charge in [-0.1, -0.05) is 26.2 Å². The largest absolute Gasteiger partial charge is 0.353 e. The van der Waals surface area contributed by atoms with Crippen LogP contribution in [0.25, 0.3) is 0 Å². The number of carbonyl (C=O) groups excluding carboxylic acids is 1. The van der Waals surface area contributed by atoms with Gasteiger partial charge in [-0.3, -0.25) is 4.79 Å². The molecular weight excluding hydrogens is 162 g/mol. The molecule has 1 aliphatic carbocycles. The van der Waals surface area contributed by atoms with Gasteiger partial charge in [-0.25, -0.2) is 0 Å². The highest BCUT2D eigenvalue weighted by Gasteiger charge is 2.47. The molecule has 0 radical (unpaired) electrons. The Morgan fingerprint density at radius 2 is 2.15 bits per heavy atom. The number of rotatable bonds is 2. The second-order valence-corrected chi connectivity index (χ2v) is 4.65. The van der Waals surface area contributed by atoms with Crippen LogP contribution in [0.3, 0.4) is 0 Å². The van der Waals surface area contributed by atoms with Crippen molar-refractivity contribution in [2.75, 3.05) is 0 Å². The van der Waals surface area contributed by atoms with Gasteiger partial charge in [-0.2, -0.15) is 0 Å². The Kier molecular flexibility index (Phi) is 2.31. The Bertz CT molecular complexity index is 206. The number of hydrogen-bond acceptors (Lipinski definition) is 1. The summed E-state index contributed by atoms with van der Waals surface area (Å²) in [5, 5.41) is 3.15. The molecule has 1 saturated carbocycles. The zero-order valence-electron chi connectivity index (χ0n) is 8.44. The molecule has 0 bridgehead atoms. The van der Waals surface area contributed by atoms with Crippen molar-refractivity contribution in [3.05, 3.63) is 0 Å². The third kappa shape index (κ3) is 1.47. The van der Waals surface area contributed by atoms with Crippen molar-refractivity contribution in [2.24, 2.45) is 5.41 Å². The lowest BCUT2D eigenvalue weighted by molar-refractivity contribution is -0.127. The van der Waals surface area contributed by atoms with Crippen LogP contribution in [0.5, 0.6) is 0 Å². The van der Waals surface area contributed by atoms with Crippen molar-refractivity contribution in [2.45, 2.75) is 57.9 Å². The average molecular weight is 181 g/mol. The van der Waals surface area contributed by atoms with Crippen LogP contribution in [-0.2, 0) is 4.79 Å². The highest BCUT2D eigenvalue weighted by Crippen LogP contribution is 2.45. The van der Waals surface area contributed by atoms with E-state index in [9.17, 15) is 4.79 Å². The fourth-order valence-electron chi connectivity index (χ4n) is 2.96. The average Bonchev–Trinajstić information content (AvgIpc) is 2.64. The van der Waals surface area contributed by atoms with Gasteiger partial charge in [0.25, 0.3) is 0 Å². The van der Waals surface area contributed by atoms with Crippen molar-refractivity contribution in [1.82, 2.24) is 5.32 Å². The quantitative estimate of drug-likeness (QED) is 0.695. The Morgan fingerprint density at radius 1 is 1.46 bits per heavy atom. The monoisotopic (exact) mass is 181 g/mol. The fraction of sp³-hybridized carbons (Fsp3) is 0.909. The molecule has 2 nitrogen and oxygen atoms in total. The topological polar surface area (TPSA) is 29.1 Å². The summed E-state index contributed by atoms with van der Waals surface area (Å²) >= 11 is 0. The van der Waals surface area contributed by atoms with E-state index in [0.29, 0.717) is 11.9 Å². The van der Waals surface area contributed by atoms with Gasteiger partial charge in [-0.05, 0) is 25.7 Å². The molecule has 74 valence electrons. The van der Waals surface area contributed by atoms with Gasteiger partial charge in [0.2, 0.25) is 5.91 Å². The van der Waals surface area contributed by atoms with Crippen molar-refractivity contribution >= 4 is 5.91 Å². The minimum absolute atomic E-state index is 0.0693. The maximum absolute atomic E-state index is 11.8. The summed E-state index contributed by atoms with van der Waals surface area (Å²) < 4.78 is 0. The van der Waals surface area contributed by atoms with E-state index >= 15 is 0 Å². The third-order valence-electron chi connectivity index (χ3n) is 3.65. The van der Waals surface area contributed by atoms with Crippen LogP contribution in [0.4, 0.5) is 0 Å². The molecule has 1 saturated heterocycles. The second-order valence-electron chi connectivity index (χ2n) is 4.65. The van der Waals surface area contributed by atoms with Gasteiger partial charge in [0, 0.05) is 6.04 Å². The lowest BCUT2D eigenvalue weighted by Gasteiger charge is -2.18. The molecule has 2 aliphatic rings. The normalized spacial score (nSPS) is 31.2. The van der Waals surface area contributed by atoms with E-state index in [1.165, 1.54) is 19.3 Å².